The van der Waals surface area contributed by atoms with Crippen molar-refractivity contribution in [1.82, 2.24) is 0 Å². The van der Waals surface area contributed by atoms with Crippen LogP contribution in [0.3, 0.4) is 0 Å². The van der Waals surface area contributed by atoms with Gasteiger partial charge in [-0.05, 0) is 30.2 Å². The molecule has 0 aliphatic heterocycles. The fourth-order valence-corrected chi connectivity index (χ4v) is 1.61. The largest absolute Gasteiger partial charge is 0.872 e. The monoisotopic (exact) mass is 273 g/mol. The lowest BCUT2D eigenvalue weighted by atomic mass is 10.2. The summed E-state index contributed by atoms with van der Waals surface area (Å²) < 4.78 is 13.1. The highest BCUT2D eigenvalue weighted by atomic mass is 19.1. The highest BCUT2D eigenvalue weighted by Crippen LogP contribution is 2.22. The van der Waals surface area contributed by atoms with Gasteiger partial charge in [0, 0.05) is 18.3 Å². The van der Waals surface area contributed by atoms with Crippen molar-refractivity contribution in [2.24, 2.45) is 4.99 Å². The SMILES string of the molecule is Cc1ccc(F)cc1N=Cc1cc([N+](=O)[O-])ccc1[O-]. The number of halogens is 1. The first kappa shape index (κ1) is 13.7. The van der Waals surface area contributed by atoms with Crippen LogP contribution in [0.1, 0.15) is 11.1 Å². The molecule has 102 valence electrons. The Hall–Kier alpha value is -2.76. The zero-order valence-corrected chi connectivity index (χ0v) is 10.5. The highest BCUT2D eigenvalue weighted by Gasteiger charge is 2.05. The topological polar surface area (TPSA) is 78.6 Å². The Balaban J connectivity index is 2.38. The second kappa shape index (κ2) is 5.48. The number of nitro benzene ring substituents is 1. The van der Waals surface area contributed by atoms with E-state index in [9.17, 15) is 19.6 Å². The summed E-state index contributed by atoms with van der Waals surface area (Å²) in [6.45, 7) is 1.75. The van der Waals surface area contributed by atoms with Gasteiger partial charge in [0.2, 0.25) is 0 Å². The number of rotatable bonds is 3. The lowest BCUT2D eigenvalue weighted by molar-refractivity contribution is -0.385. The van der Waals surface area contributed by atoms with Gasteiger partial charge in [-0.2, -0.15) is 0 Å². The normalized spacial score (nSPS) is 10.9. The van der Waals surface area contributed by atoms with Crippen LogP contribution in [0, 0.1) is 22.9 Å². The molecule has 6 heteroatoms. The summed E-state index contributed by atoms with van der Waals surface area (Å²) in [5, 5.41) is 22.2. The smallest absolute Gasteiger partial charge is 0.270 e. The van der Waals surface area contributed by atoms with Gasteiger partial charge in [0.1, 0.15) is 5.82 Å². The van der Waals surface area contributed by atoms with Gasteiger partial charge in [0.05, 0.1) is 10.6 Å². The van der Waals surface area contributed by atoms with Crippen LogP contribution in [-0.4, -0.2) is 11.1 Å². The summed E-state index contributed by atoms with van der Waals surface area (Å²) in [4.78, 5) is 14.1. The van der Waals surface area contributed by atoms with E-state index in [0.29, 0.717) is 5.69 Å². The number of hydrogen-bond acceptors (Lipinski definition) is 4. The Labute approximate surface area is 114 Å². The van der Waals surface area contributed by atoms with Gasteiger partial charge in [-0.25, -0.2) is 4.39 Å². The van der Waals surface area contributed by atoms with E-state index in [1.54, 1.807) is 13.0 Å². The average molecular weight is 273 g/mol. The Morgan fingerprint density at radius 1 is 1.25 bits per heavy atom. The Kier molecular flexibility index (Phi) is 3.74. The van der Waals surface area contributed by atoms with Gasteiger partial charge in [-0.15, -0.1) is 0 Å². The molecule has 0 saturated carbocycles. The minimum Gasteiger partial charge on any atom is -0.872 e. The third kappa shape index (κ3) is 2.97. The molecule has 0 atom stereocenters. The molecule has 0 fully saturated rings. The first-order chi connectivity index (χ1) is 9.47. The van der Waals surface area contributed by atoms with Crippen molar-refractivity contribution >= 4 is 17.6 Å². The van der Waals surface area contributed by atoms with Gasteiger partial charge in [-0.1, -0.05) is 17.9 Å². The second-order valence-corrected chi connectivity index (χ2v) is 4.17. The minimum atomic E-state index is -0.593. The Morgan fingerprint density at radius 3 is 2.70 bits per heavy atom. The molecular formula is C14H10FN2O3-. The van der Waals surface area contributed by atoms with E-state index in [-0.39, 0.29) is 17.0 Å². The molecule has 0 unspecified atom stereocenters. The van der Waals surface area contributed by atoms with Crippen molar-refractivity contribution in [3.63, 3.8) is 0 Å². The van der Waals surface area contributed by atoms with E-state index in [2.05, 4.69) is 4.99 Å². The molecule has 0 aromatic heterocycles. The molecule has 5 nitrogen and oxygen atoms in total. The fourth-order valence-electron chi connectivity index (χ4n) is 1.61. The molecule has 2 aromatic carbocycles. The summed E-state index contributed by atoms with van der Waals surface area (Å²) >= 11 is 0. The van der Waals surface area contributed by atoms with E-state index in [4.69, 9.17) is 0 Å². The van der Waals surface area contributed by atoms with Crippen LogP contribution in [0.15, 0.2) is 41.4 Å². The molecule has 0 N–H and O–H groups in total. The molecule has 20 heavy (non-hydrogen) atoms. The summed E-state index contributed by atoms with van der Waals surface area (Å²) in [6, 6.07) is 7.48. The standard InChI is InChI=1S/C14H11FN2O3/c1-9-2-3-11(15)7-13(9)16-8-10-6-12(17(19)20)4-5-14(10)18/h2-8,18H,1H3/p-1. The predicted octanol–water partition coefficient (Wildman–Crippen LogP) is 2.87. The van der Waals surface area contributed by atoms with Crippen molar-refractivity contribution in [1.29, 1.82) is 0 Å². The second-order valence-electron chi connectivity index (χ2n) is 4.17. The fraction of sp³-hybridized carbons (Fsp3) is 0.0714. The lowest BCUT2D eigenvalue weighted by Gasteiger charge is -2.08. The van der Waals surface area contributed by atoms with E-state index < -0.39 is 10.7 Å². The van der Waals surface area contributed by atoms with Gasteiger partial charge in [0.15, 0.2) is 0 Å². The molecule has 2 aromatic rings. The van der Waals surface area contributed by atoms with Gasteiger partial charge in [-0.3, -0.25) is 15.1 Å². The van der Waals surface area contributed by atoms with E-state index in [1.807, 2.05) is 0 Å². The number of nitrogens with zero attached hydrogens (tertiary/aromatic N) is 2. The number of aliphatic imine (C=N–C) groups is 1. The number of non-ortho nitro benzene ring substituents is 1. The van der Waals surface area contributed by atoms with Crippen molar-refractivity contribution in [2.75, 3.05) is 0 Å². The minimum absolute atomic E-state index is 0.0860. The molecule has 0 radical (unpaired) electrons. The third-order valence-corrected chi connectivity index (χ3v) is 2.72. The molecule has 0 spiro atoms. The van der Waals surface area contributed by atoms with Crippen LogP contribution in [0.2, 0.25) is 0 Å². The first-order valence-electron chi connectivity index (χ1n) is 5.73. The van der Waals surface area contributed by atoms with Gasteiger partial charge < -0.3 is 5.11 Å². The quantitative estimate of drug-likeness (QED) is 0.490. The van der Waals surface area contributed by atoms with Crippen LogP contribution < -0.4 is 5.11 Å². The molecule has 0 aliphatic carbocycles. The maximum Gasteiger partial charge on any atom is 0.270 e. The lowest BCUT2D eigenvalue weighted by Crippen LogP contribution is -1.98. The van der Waals surface area contributed by atoms with Crippen LogP contribution in [0.5, 0.6) is 5.75 Å². The third-order valence-electron chi connectivity index (χ3n) is 2.72. The molecule has 0 heterocycles. The van der Waals surface area contributed by atoms with E-state index in [1.165, 1.54) is 18.3 Å². The predicted molar refractivity (Wildman–Crippen MR) is 70.9 cm³/mol. The molecule has 0 bridgehead atoms. The summed E-state index contributed by atoms with van der Waals surface area (Å²) in [7, 11) is 0. The maximum atomic E-state index is 13.1. The van der Waals surface area contributed by atoms with Crippen LogP contribution in [-0.2, 0) is 0 Å². The summed E-state index contributed by atoms with van der Waals surface area (Å²) in [5.41, 5.74) is 1.00. The number of benzene rings is 2. The zero-order valence-electron chi connectivity index (χ0n) is 10.5. The van der Waals surface area contributed by atoms with Crippen molar-refractivity contribution in [3.05, 3.63) is 63.5 Å². The van der Waals surface area contributed by atoms with Crippen LogP contribution in [0.4, 0.5) is 15.8 Å². The molecule has 0 aliphatic rings. The summed E-state index contributed by atoms with van der Waals surface area (Å²) in [5.74, 6) is -0.822. The van der Waals surface area contributed by atoms with Crippen molar-refractivity contribution < 1.29 is 14.4 Å². The molecule has 2 rings (SSSR count). The Bertz CT molecular complexity index is 699. The van der Waals surface area contributed by atoms with Gasteiger partial charge >= 0.3 is 0 Å². The first-order valence-corrected chi connectivity index (χ1v) is 5.73. The Morgan fingerprint density at radius 2 is 2.00 bits per heavy atom. The van der Waals surface area contributed by atoms with Crippen LogP contribution >= 0.6 is 0 Å². The number of hydrogen-bond donors (Lipinski definition) is 0. The highest BCUT2D eigenvalue weighted by molar-refractivity contribution is 5.86. The number of nitro groups is 1. The summed E-state index contributed by atoms with van der Waals surface area (Å²) in [6.07, 6.45) is 1.21. The zero-order chi connectivity index (χ0) is 14.7. The van der Waals surface area contributed by atoms with Crippen molar-refractivity contribution in [2.45, 2.75) is 6.92 Å². The molecular weight excluding hydrogens is 263 g/mol. The van der Waals surface area contributed by atoms with Crippen molar-refractivity contribution in [3.8, 4) is 5.75 Å². The molecule has 0 saturated heterocycles. The van der Waals surface area contributed by atoms with Crippen LogP contribution in [0.25, 0.3) is 0 Å². The molecule has 0 amide bonds. The van der Waals surface area contributed by atoms with E-state index in [0.717, 1.165) is 23.8 Å². The number of aryl methyl sites for hydroxylation is 1. The average Bonchev–Trinajstić information content (AvgIpc) is 2.41. The van der Waals surface area contributed by atoms with Gasteiger partial charge in [0.25, 0.3) is 5.69 Å². The van der Waals surface area contributed by atoms with E-state index >= 15 is 0 Å². The maximum absolute atomic E-state index is 13.1.